The predicted octanol–water partition coefficient (Wildman–Crippen LogP) is 2.31. The molecule has 0 aliphatic carbocycles. The largest absolute Gasteiger partial charge is 0.453 e. The summed E-state index contributed by atoms with van der Waals surface area (Å²) >= 11 is 0. The van der Waals surface area contributed by atoms with E-state index in [1.807, 2.05) is 0 Å². The molecular weight excluding hydrogens is 320 g/mol. The third kappa shape index (κ3) is 2.92. The monoisotopic (exact) mass is 337 g/mol. The van der Waals surface area contributed by atoms with Gasteiger partial charge >= 0.3 is 0 Å². The molecule has 2 aromatic rings. The van der Waals surface area contributed by atoms with Crippen LogP contribution in [0.2, 0.25) is 0 Å². The van der Waals surface area contributed by atoms with Crippen molar-refractivity contribution in [2.45, 2.75) is 32.1 Å². The number of halogens is 2. The summed E-state index contributed by atoms with van der Waals surface area (Å²) in [4.78, 5) is 14.0. The number of rotatable bonds is 3. The SMILES string of the molecule is Cc1cc(CO)oc1C(=O)N1C[C@@H](O)C[C@H]1c1cc(F)ccc1F. The number of hydrogen-bond donors (Lipinski definition) is 2. The summed E-state index contributed by atoms with van der Waals surface area (Å²) in [5, 5.41) is 19.0. The van der Waals surface area contributed by atoms with Crippen LogP contribution in [0.3, 0.4) is 0 Å². The number of aryl methyl sites for hydroxylation is 1. The second kappa shape index (κ2) is 6.33. The molecule has 0 bridgehead atoms. The molecule has 0 radical (unpaired) electrons. The molecule has 3 rings (SSSR count). The standard InChI is InChI=1S/C17H17F2NO4/c1-9-4-12(8-21)24-16(9)17(23)20-7-11(22)6-15(20)13-5-10(18)2-3-14(13)19/h2-5,11,15,21-22H,6-8H2,1H3/t11-,15-/m0/s1. The summed E-state index contributed by atoms with van der Waals surface area (Å²) in [6.07, 6.45) is -0.729. The third-order valence-corrected chi connectivity index (χ3v) is 4.18. The zero-order chi connectivity index (χ0) is 17.4. The summed E-state index contributed by atoms with van der Waals surface area (Å²) in [6.45, 7) is 1.30. The van der Waals surface area contributed by atoms with E-state index >= 15 is 0 Å². The van der Waals surface area contributed by atoms with Crippen molar-refractivity contribution < 1.29 is 28.2 Å². The van der Waals surface area contributed by atoms with Gasteiger partial charge in [-0.2, -0.15) is 0 Å². The number of aliphatic hydroxyl groups is 2. The van der Waals surface area contributed by atoms with E-state index in [4.69, 9.17) is 9.52 Å². The third-order valence-electron chi connectivity index (χ3n) is 4.18. The van der Waals surface area contributed by atoms with Crippen LogP contribution < -0.4 is 0 Å². The molecule has 0 saturated carbocycles. The lowest BCUT2D eigenvalue weighted by molar-refractivity contribution is 0.0676. The molecule has 1 aromatic carbocycles. The van der Waals surface area contributed by atoms with Crippen molar-refractivity contribution in [3.8, 4) is 0 Å². The number of hydrogen-bond acceptors (Lipinski definition) is 4. The van der Waals surface area contributed by atoms with E-state index < -0.39 is 29.7 Å². The summed E-state index contributed by atoms with van der Waals surface area (Å²) in [6, 6.07) is 3.79. The van der Waals surface area contributed by atoms with Crippen molar-refractivity contribution in [3.05, 3.63) is 58.5 Å². The zero-order valence-electron chi connectivity index (χ0n) is 13.0. The first-order valence-electron chi connectivity index (χ1n) is 7.55. The number of furan rings is 1. The Morgan fingerprint density at radius 3 is 2.79 bits per heavy atom. The van der Waals surface area contributed by atoms with Gasteiger partial charge in [-0.15, -0.1) is 0 Å². The second-order valence-corrected chi connectivity index (χ2v) is 5.91. The first kappa shape index (κ1) is 16.6. The number of amides is 1. The van der Waals surface area contributed by atoms with Gasteiger partial charge in [0.25, 0.3) is 5.91 Å². The van der Waals surface area contributed by atoms with E-state index in [2.05, 4.69) is 0 Å². The van der Waals surface area contributed by atoms with E-state index in [1.165, 1.54) is 11.0 Å². The van der Waals surface area contributed by atoms with Gasteiger partial charge in [-0.25, -0.2) is 8.78 Å². The van der Waals surface area contributed by atoms with E-state index in [0.29, 0.717) is 5.56 Å². The molecule has 128 valence electrons. The minimum Gasteiger partial charge on any atom is -0.453 e. The predicted molar refractivity (Wildman–Crippen MR) is 80.1 cm³/mol. The van der Waals surface area contributed by atoms with Crippen LogP contribution in [-0.4, -0.2) is 33.7 Å². The van der Waals surface area contributed by atoms with Gasteiger partial charge in [0.15, 0.2) is 5.76 Å². The van der Waals surface area contributed by atoms with Gasteiger partial charge in [0.1, 0.15) is 24.0 Å². The average Bonchev–Trinajstić information content (AvgIpc) is 3.12. The van der Waals surface area contributed by atoms with Crippen LogP contribution >= 0.6 is 0 Å². The molecule has 7 heteroatoms. The fraction of sp³-hybridized carbons (Fsp3) is 0.353. The van der Waals surface area contributed by atoms with Gasteiger partial charge in [0.05, 0.1) is 12.1 Å². The molecule has 0 spiro atoms. The molecule has 1 aliphatic rings. The Kier molecular flexibility index (Phi) is 4.38. The molecular formula is C17H17F2NO4. The first-order chi connectivity index (χ1) is 11.4. The Labute approximate surface area is 137 Å². The topological polar surface area (TPSA) is 73.9 Å². The Hall–Kier alpha value is -2.25. The highest BCUT2D eigenvalue weighted by atomic mass is 19.1. The quantitative estimate of drug-likeness (QED) is 0.901. The number of benzene rings is 1. The zero-order valence-corrected chi connectivity index (χ0v) is 13.0. The molecule has 1 saturated heterocycles. The van der Waals surface area contributed by atoms with Crippen molar-refractivity contribution in [1.82, 2.24) is 4.90 Å². The van der Waals surface area contributed by atoms with Gasteiger partial charge in [0, 0.05) is 17.7 Å². The van der Waals surface area contributed by atoms with Crippen LogP contribution in [0.5, 0.6) is 0 Å². The van der Waals surface area contributed by atoms with Crippen molar-refractivity contribution in [1.29, 1.82) is 0 Å². The van der Waals surface area contributed by atoms with Crippen molar-refractivity contribution in [2.75, 3.05) is 6.54 Å². The average molecular weight is 337 g/mol. The van der Waals surface area contributed by atoms with Crippen LogP contribution in [0, 0.1) is 18.6 Å². The molecule has 1 amide bonds. The van der Waals surface area contributed by atoms with Gasteiger partial charge in [-0.05, 0) is 37.6 Å². The summed E-state index contributed by atoms with van der Waals surface area (Å²) in [5.74, 6) is -1.52. The van der Waals surface area contributed by atoms with Crippen LogP contribution in [0.25, 0.3) is 0 Å². The van der Waals surface area contributed by atoms with Gasteiger partial charge in [-0.3, -0.25) is 4.79 Å². The van der Waals surface area contributed by atoms with Crippen LogP contribution in [-0.2, 0) is 6.61 Å². The molecule has 5 nitrogen and oxygen atoms in total. The number of likely N-dealkylation sites (tertiary alicyclic amines) is 1. The molecule has 24 heavy (non-hydrogen) atoms. The van der Waals surface area contributed by atoms with Gasteiger partial charge in [0.2, 0.25) is 0 Å². The molecule has 0 unspecified atom stereocenters. The normalized spacial score (nSPS) is 20.6. The lowest BCUT2D eigenvalue weighted by atomic mass is 10.0. The Balaban J connectivity index is 1.97. The maximum atomic E-state index is 14.1. The highest BCUT2D eigenvalue weighted by molar-refractivity contribution is 5.93. The van der Waals surface area contributed by atoms with Crippen molar-refractivity contribution >= 4 is 5.91 Å². The lowest BCUT2D eigenvalue weighted by Gasteiger charge is -2.24. The molecule has 1 aromatic heterocycles. The highest BCUT2D eigenvalue weighted by Gasteiger charge is 2.38. The van der Waals surface area contributed by atoms with E-state index in [0.717, 1.165) is 18.2 Å². The number of nitrogens with zero attached hydrogens (tertiary/aromatic N) is 1. The minimum absolute atomic E-state index is 0.00590. The van der Waals surface area contributed by atoms with Crippen LogP contribution in [0.15, 0.2) is 28.7 Å². The molecule has 1 fully saturated rings. The highest BCUT2D eigenvalue weighted by Crippen LogP contribution is 2.35. The second-order valence-electron chi connectivity index (χ2n) is 5.91. The smallest absolute Gasteiger partial charge is 0.290 e. The number of aliphatic hydroxyl groups excluding tert-OH is 2. The number of carbonyl (C=O) groups is 1. The molecule has 2 N–H and O–H groups in total. The fourth-order valence-corrected chi connectivity index (χ4v) is 3.07. The number of carbonyl (C=O) groups excluding carboxylic acids is 1. The summed E-state index contributed by atoms with van der Waals surface area (Å²) in [5.41, 5.74) is 0.551. The van der Waals surface area contributed by atoms with Crippen molar-refractivity contribution in [3.63, 3.8) is 0 Å². The van der Waals surface area contributed by atoms with Crippen LogP contribution in [0.1, 0.15) is 39.9 Å². The first-order valence-corrected chi connectivity index (χ1v) is 7.55. The van der Waals surface area contributed by atoms with Gasteiger partial charge < -0.3 is 19.5 Å². The Morgan fingerprint density at radius 2 is 2.12 bits per heavy atom. The summed E-state index contributed by atoms with van der Waals surface area (Å²) in [7, 11) is 0. The van der Waals surface area contributed by atoms with E-state index in [9.17, 15) is 18.7 Å². The molecule has 2 atom stereocenters. The minimum atomic E-state index is -0.839. The maximum Gasteiger partial charge on any atom is 0.290 e. The van der Waals surface area contributed by atoms with E-state index in [-0.39, 0.29) is 36.7 Å². The number of β-amino-alcohol motifs (C(OH)–C–C–N with tert-alkyl or cyclic N) is 1. The fourth-order valence-electron chi connectivity index (χ4n) is 3.07. The summed E-state index contributed by atoms with van der Waals surface area (Å²) < 4.78 is 32.9. The van der Waals surface area contributed by atoms with E-state index in [1.54, 1.807) is 6.92 Å². The lowest BCUT2D eigenvalue weighted by Crippen LogP contribution is -2.32. The Bertz CT molecular complexity index is 774. The molecule has 2 heterocycles. The Morgan fingerprint density at radius 1 is 1.38 bits per heavy atom. The van der Waals surface area contributed by atoms with Gasteiger partial charge in [-0.1, -0.05) is 0 Å². The van der Waals surface area contributed by atoms with Crippen molar-refractivity contribution in [2.24, 2.45) is 0 Å². The van der Waals surface area contributed by atoms with Crippen LogP contribution in [0.4, 0.5) is 8.78 Å². The molecule has 1 aliphatic heterocycles. The maximum absolute atomic E-state index is 14.1.